The van der Waals surface area contributed by atoms with Crippen molar-refractivity contribution in [2.45, 2.75) is 56.8 Å². The molecule has 1 aromatic rings. The molecule has 0 unspecified atom stereocenters. The lowest BCUT2D eigenvalue weighted by Crippen LogP contribution is -2.57. The highest BCUT2D eigenvalue weighted by Gasteiger charge is 2.63. The first-order valence-electron chi connectivity index (χ1n) is 8.55. The molecule has 0 bridgehead atoms. The molecule has 136 valence electrons. The summed E-state index contributed by atoms with van der Waals surface area (Å²) in [6, 6.07) is 8.49. The zero-order valence-electron chi connectivity index (χ0n) is 13.8. The van der Waals surface area contributed by atoms with Crippen molar-refractivity contribution in [1.29, 1.82) is 0 Å². The molecule has 1 saturated carbocycles. The normalized spacial score (nSPS) is 25.1. The van der Waals surface area contributed by atoms with E-state index in [1.165, 1.54) is 0 Å². The molecule has 3 rings (SSSR count). The van der Waals surface area contributed by atoms with Crippen LogP contribution in [0.1, 0.15) is 44.1 Å². The number of carbonyl (C=O) groups excluding carboxylic acids is 1. The highest BCUT2D eigenvalue weighted by molar-refractivity contribution is 5.92. The smallest absolute Gasteiger partial charge is 0.362 e. The Labute approximate surface area is 144 Å². The predicted octanol–water partition coefficient (Wildman–Crippen LogP) is 3.65. The van der Waals surface area contributed by atoms with Crippen LogP contribution in [0.15, 0.2) is 35.4 Å². The molecule has 1 amide bonds. The molecule has 1 N–H and O–H groups in total. The van der Waals surface area contributed by atoms with Gasteiger partial charge >= 0.3 is 6.18 Å². The SMILES string of the molecule is O=C(Cc1ccccc1)N1N=C(C2CCCCC2)C[C@]1(O)C(F)(F)F. The van der Waals surface area contributed by atoms with Crippen LogP contribution in [0, 0.1) is 5.92 Å². The first-order valence-corrected chi connectivity index (χ1v) is 8.55. The van der Waals surface area contributed by atoms with Gasteiger partial charge in [-0.05, 0) is 24.3 Å². The average molecular weight is 354 g/mol. The second-order valence-corrected chi connectivity index (χ2v) is 6.79. The molecule has 2 aliphatic rings. The van der Waals surface area contributed by atoms with Crippen molar-refractivity contribution in [3.05, 3.63) is 35.9 Å². The Hall–Kier alpha value is -1.89. The van der Waals surface area contributed by atoms with Crippen molar-refractivity contribution in [2.24, 2.45) is 11.0 Å². The van der Waals surface area contributed by atoms with Gasteiger partial charge in [0, 0.05) is 12.1 Å². The summed E-state index contributed by atoms with van der Waals surface area (Å²) in [5, 5.41) is 14.5. The molecule has 1 aliphatic carbocycles. The van der Waals surface area contributed by atoms with E-state index in [-0.39, 0.29) is 17.3 Å². The summed E-state index contributed by atoms with van der Waals surface area (Å²) >= 11 is 0. The second-order valence-electron chi connectivity index (χ2n) is 6.79. The third kappa shape index (κ3) is 3.56. The van der Waals surface area contributed by atoms with Crippen LogP contribution in [-0.4, -0.2) is 33.6 Å². The van der Waals surface area contributed by atoms with Crippen LogP contribution in [0.25, 0.3) is 0 Å². The van der Waals surface area contributed by atoms with Gasteiger partial charge in [-0.3, -0.25) is 4.79 Å². The number of carbonyl (C=O) groups is 1. The summed E-state index contributed by atoms with van der Waals surface area (Å²) in [6.07, 6.45) is -1.40. The molecule has 0 spiro atoms. The topological polar surface area (TPSA) is 52.9 Å². The largest absolute Gasteiger partial charge is 0.438 e. The van der Waals surface area contributed by atoms with Crippen LogP contribution in [0.4, 0.5) is 13.2 Å². The van der Waals surface area contributed by atoms with Crippen molar-refractivity contribution < 1.29 is 23.1 Å². The number of aliphatic hydroxyl groups is 1. The van der Waals surface area contributed by atoms with E-state index in [0.29, 0.717) is 11.3 Å². The molecule has 7 heteroatoms. The zero-order chi connectivity index (χ0) is 18.1. The number of halogens is 3. The van der Waals surface area contributed by atoms with Crippen molar-refractivity contribution >= 4 is 11.6 Å². The molecule has 4 nitrogen and oxygen atoms in total. The molecule has 1 atom stereocenters. The molecule has 1 aliphatic heterocycles. The molecule has 0 radical (unpaired) electrons. The maximum absolute atomic E-state index is 13.5. The van der Waals surface area contributed by atoms with Gasteiger partial charge in [-0.25, -0.2) is 0 Å². The Balaban J connectivity index is 1.85. The summed E-state index contributed by atoms with van der Waals surface area (Å²) in [7, 11) is 0. The fourth-order valence-corrected chi connectivity index (χ4v) is 3.56. The number of nitrogens with zero attached hydrogens (tertiary/aromatic N) is 2. The number of rotatable bonds is 3. The minimum absolute atomic E-state index is 0.0860. The van der Waals surface area contributed by atoms with Gasteiger partial charge in [-0.1, -0.05) is 49.6 Å². The molecular formula is C18H21F3N2O2. The maximum atomic E-state index is 13.5. The van der Waals surface area contributed by atoms with Crippen LogP contribution < -0.4 is 0 Å². The first-order chi connectivity index (χ1) is 11.8. The lowest BCUT2D eigenvalue weighted by molar-refractivity contribution is -0.302. The third-order valence-electron chi connectivity index (χ3n) is 4.97. The third-order valence-corrected chi connectivity index (χ3v) is 4.97. The number of benzene rings is 1. The van der Waals surface area contributed by atoms with Gasteiger partial charge < -0.3 is 5.11 Å². The molecule has 0 saturated heterocycles. The van der Waals surface area contributed by atoms with Crippen molar-refractivity contribution in [3.8, 4) is 0 Å². The second kappa shape index (κ2) is 6.78. The molecular weight excluding hydrogens is 333 g/mol. The predicted molar refractivity (Wildman–Crippen MR) is 86.6 cm³/mol. The summed E-state index contributed by atoms with van der Waals surface area (Å²) < 4.78 is 40.6. The standard InChI is InChI=1S/C18H21F3N2O2/c19-18(20,21)17(25)12-15(14-9-5-2-6-10-14)22-23(17)16(24)11-13-7-3-1-4-8-13/h1,3-4,7-8,14,25H,2,5-6,9-12H2/t17-/m0/s1. The van der Waals surface area contributed by atoms with Gasteiger partial charge in [0.1, 0.15) is 0 Å². The van der Waals surface area contributed by atoms with Gasteiger partial charge in [0.15, 0.2) is 0 Å². The Morgan fingerprint density at radius 2 is 1.84 bits per heavy atom. The Kier molecular flexibility index (Phi) is 4.86. The molecule has 1 heterocycles. The van der Waals surface area contributed by atoms with Crippen molar-refractivity contribution in [2.75, 3.05) is 0 Å². The molecule has 1 aromatic carbocycles. The minimum Gasteiger partial charge on any atom is -0.362 e. The van der Waals surface area contributed by atoms with Crippen LogP contribution in [0.5, 0.6) is 0 Å². The Morgan fingerprint density at radius 1 is 1.20 bits per heavy atom. The minimum atomic E-state index is -4.96. The Morgan fingerprint density at radius 3 is 2.44 bits per heavy atom. The van der Waals surface area contributed by atoms with Gasteiger partial charge in [0.2, 0.25) is 5.91 Å². The van der Waals surface area contributed by atoms with E-state index in [9.17, 15) is 23.1 Å². The lowest BCUT2D eigenvalue weighted by atomic mass is 9.83. The first kappa shape index (κ1) is 17.9. The van der Waals surface area contributed by atoms with E-state index in [2.05, 4.69) is 5.10 Å². The van der Waals surface area contributed by atoms with E-state index >= 15 is 0 Å². The lowest BCUT2D eigenvalue weighted by Gasteiger charge is -2.32. The number of hydrogen-bond acceptors (Lipinski definition) is 3. The maximum Gasteiger partial charge on any atom is 0.438 e. The van der Waals surface area contributed by atoms with Crippen molar-refractivity contribution in [3.63, 3.8) is 0 Å². The monoisotopic (exact) mass is 354 g/mol. The van der Waals surface area contributed by atoms with Crippen LogP contribution in [-0.2, 0) is 11.2 Å². The van der Waals surface area contributed by atoms with E-state index in [4.69, 9.17) is 0 Å². The quantitative estimate of drug-likeness (QED) is 0.901. The van der Waals surface area contributed by atoms with Crippen LogP contribution >= 0.6 is 0 Å². The van der Waals surface area contributed by atoms with E-state index in [0.717, 1.165) is 32.1 Å². The number of hydrazone groups is 1. The van der Waals surface area contributed by atoms with Crippen LogP contribution in [0.2, 0.25) is 0 Å². The van der Waals surface area contributed by atoms with Crippen molar-refractivity contribution in [1.82, 2.24) is 5.01 Å². The van der Waals surface area contributed by atoms with Gasteiger partial charge in [-0.2, -0.15) is 23.3 Å². The average Bonchev–Trinajstić information content (AvgIpc) is 2.96. The Bertz CT molecular complexity index is 654. The van der Waals surface area contributed by atoms with Gasteiger partial charge in [-0.15, -0.1) is 0 Å². The van der Waals surface area contributed by atoms with Gasteiger partial charge in [0.05, 0.1) is 6.42 Å². The fourth-order valence-electron chi connectivity index (χ4n) is 3.56. The number of amides is 1. The number of hydrogen-bond donors (Lipinski definition) is 1. The van der Waals surface area contributed by atoms with E-state index < -0.39 is 24.2 Å². The highest BCUT2D eigenvalue weighted by atomic mass is 19.4. The summed E-state index contributed by atoms with van der Waals surface area (Å²) in [4.78, 5) is 12.5. The highest BCUT2D eigenvalue weighted by Crippen LogP contribution is 2.43. The summed E-state index contributed by atoms with van der Waals surface area (Å²) in [5.41, 5.74) is -2.37. The zero-order valence-corrected chi connectivity index (χ0v) is 13.8. The van der Waals surface area contributed by atoms with Gasteiger partial charge in [0.25, 0.3) is 5.72 Å². The number of alkyl halides is 3. The summed E-state index contributed by atoms with van der Waals surface area (Å²) in [5.74, 6) is -0.936. The van der Waals surface area contributed by atoms with E-state index in [1.54, 1.807) is 30.3 Å². The van der Waals surface area contributed by atoms with Crippen LogP contribution in [0.3, 0.4) is 0 Å². The molecule has 1 fully saturated rings. The molecule has 25 heavy (non-hydrogen) atoms. The fraction of sp³-hybridized carbons (Fsp3) is 0.556. The summed E-state index contributed by atoms with van der Waals surface area (Å²) in [6.45, 7) is 0. The molecule has 0 aromatic heterocycles. The van der Waals surface area contributed by atoms with E-state index in [1.807, 2.05) is 0 Å².